The van der Waals surface area contributed by atoms with E-state index in [2.05, 4.69) is 16.0 Å². The Morgan fingerprint density at radius 3 is 2.29 bits per heavy atom. The van der Waals surface area contributed by atoms with E-state index in [4.69, 9.17) is 10.8 Å². The van der Waals surface area contributed by atoms with Gasteiger partial charge in [0.15, 0.2) is 0 Å². The maximum Gasteiger partial charge on any atom is 0.303 e. The molecule has 0 spiro atoms. The number of amides is 4. The first-order valence-corrected chi connectivity index (χ1v) is 8.71. The van der Waals surface area contributed by atoms with Gasteiger partial charge in [0.1, 0.15) is 18.1 Å². The van der Waals surface area contributed by atoms with Gasteiger partial charge in [0, 0.05) is 12.8 Å². The molecule has 0 unspecified atom stereocenters. The fraction of sp³-hybridized carbons (Fsp3) is 0.389. The third kappa shape index (κ3) is 6.08. The van der Waals surface area contributed by atoms with E-state index in [-0.39, 0.29) is 12.8 Å². The van der Waals surface area contributed by atoms with Crippen LogP contribution in [0.1, 0.15) is 24.8 Å². The molecule has 1 aromatic carbocycles. The number of aliphatic carboxylic acids is 1. The van der Waals surface area contributed by atoms with Crippen LogP contribution in [0.15, 0.2) is 30.3 Å². The number of nitrogens with two attached hydrogens (primary N) is 1. The van der Waals surface area contributed by atoms with Crippen LogP contribution in [0.4, 0.5) is 0 Å². The maximum atomic E-state index is 12.2. The summed E-state index contributed by atoms with van der Waals surface area (Å²) in [6.45, 7) is 0. The first-order valence-electron chi connectivity index (χ1n) is 8.71. The molecule has 10 heteroatoms. The van der Waals surface area contributed by atoms with Crippen molar-refractivity contribution in [1.29, 1.82) is 0 Å². The monoisotopic (exact) mass is 390 g/mol. The zero-order valence-corrected chi connectivity index (χ0v) is 15.0. The van der Waals surface area contributed by atoms with Crippen molar-refractivity contribution in [2.24, 2.45) is 5.73 Å². The Morgan fingerprint density at radius 1 is 1.07 bits per heavy atom. The van der Waals surface area contributed by atoms with Crippen molar-refractivity contribution in [3.05, 3.63) is 35.9 Å². The molecule has 28 heavy (non-hydrogen) atoms. The number of piperazine rings is 1. The van der Waals surface area contributed by atoms with E-state index < -0.39 is 54.1 Å². The van der Waals surface area contributed by atoms with E-state index >= 15 is 0 Å². The molecule has 1 fully saturated rings. The lowest BCUT2D eigenvalue weighted by Gasteiger charge is -2.29. The minimum atomic E-state index is -1.17. The summed E-state index contributed by atoms with van der Waals surface area (Å²) in [5, 5.41) is 16.0. The summed E-state index contributed by atoms with van der Waals surface area (Å²) in [6.07, 6.45) is -0.600. The highest BCUT2D eigenvalue weighted by atomic mass is 16.4. The molecule has 0 saturated carbocycles. The molecule has 2 rings (SSSR count). The zero-order chi connectivity index (χ0) is 20.7. The van der Waals surface area contributed by atoms with Crippen molar-refractivity contribution in [3.8, 4) is 0 Å². The number of carbonyl (C=O) groups excluding carboxylic acids is 4. The second-order valence-corrected chi connectivity index (χ2v) is 6.47. The van der Waals surface area contributed by atoms with Crippen LogP contribution < -0.4 is 21.7 Å². The molecule has 0 radical (unpaired) electrons. The number of hydrogen-bond donors (Lipinski definition) is 5. The van der Waals surface area contributed by atoms with Gasteiger partial charge >= 0.3 is 5.97 Å². The Labute approximate surface area is 160 Å². The molecule has 10 nitrogen and oxygen atoms in total. The largest absolute Gasteiger partial charge is 0.481 e. The van der Waals surface area contributed by atoms with Crippen LogP contribution in [0.2, 0.25) is 0 Å². The van der Waals surface area contributed by atoms with E-state index in [0.717, 1.165) is 5.56 Å². The number of primary amides is 1. The normalized spacial score (nSPS) is 19.9. The molecule has 3 atom stereocenters. The van der Waals surface area contributed by atoms with E-state index in [9.17, 15) is 24.0 Å². The molecule has 1 aliphatic heterocycles. The highest BCUT2D eigenvalue weighted by molar-refractivity contribution is 5.99. The van der Waals surface area contributed by atoms with Gasteiger partial charge in [-0.2, -0.15) is 0 Å². The quantitative estimate of drug-likeness (QED) is 0.342. The highest BCUT2D eigenvalue weighted by Crippen LogP contribution is 2.09. The average molecular weight is 390 g/mol. The second kappa shape index (κ2) is 9.49. The molecule has 0 aromatic heterocycles. The van der Waals surface area contributed by atoms with Crippen LogP contribution in [-0.4, -0.2) is 52.8 Å². The number of nitrogens with one attached hydrogen (secondary N) is 3. The van der Waals surface area contributed by atoms with Crippen molar-refractivity contribution in [2.75, 3.05) is 0 Å². The summed E-state index contributed by atoms with van der Waals surface area (Å²) in [6, 6.07) is 6.15. The molecule has 1 heterocycles. The minimum absolute atomic E-state index is 0.168. The van der Waals surface area contributed by atoms with Crippen LogP contribution in [0.3, 0.4) is 0 Å². The topological polar surface area (TPSA) is 168 Å². The average Bonchev–Trinajstić information content (AvgIpc) is 2.63. The van der Waals surface area contributed by atoms with E-state index in [1.807, 2.05) is 30.3 Å². The van der Waals surface area contributed by atoms with Gasteiger partial charge in [-0.3, -0.25) is 24.0 Å². The summed E-state index contributed by atoms with van der Waals surface area (Å²) in [5.74, 6) is -3.65. The van der Waals surface area contributed by atoms with E-state index in [1.165, 1.54) is 0 Å². The molecular formula is C18H22N4O6. The van der Waals surface area contributed by atoms with Crippen LogP contribution in [0.5, 0.6) is 0 Å². The third-order valence-electron chi connectivity index (χ3n) is 4.26. The third-order valence-corrected chi connectivity index (χ3v) is 4.26. The van der Waals surface area contributed by atoms with Gasteiger partial charge in [-0.15, -0.1) is 0 Å². The van der Waals surface area contributed by atoms with Crippen LogP contribution in [0, 0.1) is 0 Å². The number of carboxylic acid groups (broad SMARTS) is 1. The second-order valence-electron chi connectivity index (χ2n) is 6.47. The maximum absolute atomic E-state index is 12.2. The van der Waals surface area contributed by atoms with Crippen molar-refractivity contribution in [3.63, 3.8) is 0 Å². The van der Waals surface area contributed by atoms with Crippen molar-refractivity contribution < 1.29 is 29.1 Å². The van der Waals surface area contributed by atoms with Crippen molar-refractivity contribution >= 4 is 29.6 Å². The molecule has 150 valence electrons. The van der Waals surface area contributed by atoms with Gasteiger partial charge in [0.25, 0.3) is 0 Å². The first kappa shape index (κ1) is 20.9. The summed E-state index contributed by atoms with van der Waals surface area (Å²) < 4.78 is 0. The highest BCUT2D eigenvalue weighted by Gasteiger charge is 2.35. The Balaban J connectivity index is 1.89. The summed E-state index contributed by atoms with van der Waals surface area (Å²) >= 11 is 0. The lowest BCUT2D eigenvalue weighted by atomic mass is 10.0. The van der Waals surface area contributed by atoms with Crippen LogP contribution in [-0.2, 0) is 30.4 Å². The van der Waals surface area contributed by atoms with Gasteiger partial charge in [-0.05, 0) is 12.0 Å². The van der Waals surface area contributed by atoms with E-state index in [0.29, 0.717) is 6.42 Å². The molecule has 6 N–H and O–H groups in total. The molecule has 4 amide bonds. The Hall–Kier alpha value is -3.43. The molecule has 0 aliphatic carbocycles. The number of carbonyl (C=O) groups is 5. The summed E-state index contributed by atoms with van der Waals surface area (Å²) in [5.41, 5.74) is 6.03. The van der Waals surface area contributed by atoms with Gasteiger partial charge in [0.2, 0.25) is 23.6 Å². The molecule has 0 bridgehead atoms. The summed E-state index contributed by atoms with van der Waals surface area (Å²) in [7, 11) is 0. The first-order chi connectivity index (χ1) is 13.3. The lowest BCUT2D eigenvalue weighted by Crippen LogP contribution is -2.63. The minimum Gasteiger partial charge on any atom is -0.481 e. The van der Waals surface area contributed by atoms with Gasteiger partial charge in [0.05, 0.1) is 6.42 Å². The van der Waals surface area contributed by atoms with Gasteiger partial charge in [-0.1, -0.05) is 30.3 Å². The number of carboxylic acids is 1. The fourth-order valence-electron chi connectivity index (χ4n) is 2.80. The number of benzene rings is 1. The Kier molecular flexibility index (Phi) is 7.08. The SMILES string of the molecule is NC(=O)[C@@H](CCC(=O)O)NC(=O)C[C@@H]1NC(=O)[C@H](Cc2ccccc2)NC1=O. The van der Waals surface area contributed by atoms with Crippen molar-refractivity contribution in [1.82, 2.24) is 16.0 Å². The zero-order valence-electron chi connectivity index (χ0n) is 15.0. The molecular weight excluding hydrogens is 368 g/mol. The number of hydrogen-bond acceptors (Lipinski definition) is 5. The van der Waals surface area contributed by atoms with Crippen LogP contribution >= 0.6 is 0 Å². The van der Waals surface area contributed by atoms with Crippen molar-refractivity contribution in [2.45, 2.75) is 43.8 Å². The van der Waals surface area contributed by atoms with Gasteiger partial charge in [-0.25, -0.2) is 0 Å². The number of rotatable bonds is 9. The van der Waals surface area contributed by atoms with Crippen LogP contribution in [0.25, 0.3) is 0 Å². The Bertz CT molecular complexity index is 767. The van der Waals surface area contributed by atoms with Gasteiger partial charge < -0.3 is 26.8 Å². The standard InChI is InChI=1S/C18H22N4O6/c19-16(26)11(6-7-15(24)25)20-14(23)9-13-18(28)21-12(17(27)22-13)8-10-4-2-1-3-5-10/h1-5,11-13H,6-9H2,(H2,19,26)(H,20,23)(H,21,28)(H,22,27)(H,24,25)/t11-,12+,13+/m1/s1. The lowest BCUT2D eigenvalue weighted by molar-refractivity contribution is -0.139. The van der Waals surface area contributed by atoms with E-state index in [1.54, 1.807) is 0 Å². The predicted molar refractivity (Wildman–Crippen MR) is 96.6 cm³/mol. The molecule has 1 aliphatic rings. The summed E-state index contributed by atoms with van der Waals surface area (Å²) in [4.78, 5) is 58.5. The molecule has 1 aromatic rings. The molecule has 1 saturated heterocycles. The Morgan fingerprint density at radius 2 is 1.68 bits per heavy atom. The predicted octanol–water partition coefficient (Wildman–Crippen LogP) is -1.56. The fourth-order valence-corrected chi connectivity index (χ4v) is 2.80. The smallest absolute Gasteiger partial charge is 0.303 e.